The fraction of sp³-hybridized carbons (Fsp3) is 0.0370. The van der Waals surface area contributed by atoms with Crippen molar-refractivity contribution in [3.05, 3.63) is 120 Å². The van der Waals surface area contributed by atoms with Crippen LogP contribution in [0.5, 0.6) is 11.5 Å². The Kier molecular flexibility index (Phi) is 5.28. The minimum atomic E-state index is 0. The first kappa shape index (κ1) is 18.7. The van der Waals surface area contributed by atoms with Gasteiger partial charge < -0.3 is 10.2 Å². The average Bonchev–Trinajstić information content (AvgIpc) is 2.76. The molecule has 0 bridgehead atoms. The van der Waals surface area contributed by atoms with Gasteiger partial charge in [0.25, 0.3) is 0 Å². The highest BCUT2D eigenvalue weighted by molar-refractivity contribution is 5.98. The Hall–Kier alpha value is -3.62. The van der Waals surface area contributed by atoms with Crippen molar-refractivity contribution in [2.24, 2.45) is 0 Å². The molecule has 0 unspecified atom stereocenters. The first-order valence-corrected chi connectivity index (χ1v) is 9.58. The molecule has 5 aromatic carbocycles. The summed E-state index contributed by atoms with van der Waals surface area (Å²) in [6, 6.07) is 37.8. The van der Waals surface area contributed by atoms with E-state index in [1.807, 2.05) is 24.3 Å². The van der Waals surface area contributed by atoms with E-state index in [4.69, 9.17) is 4.74 Å². The summed E-state index contributed by atoms with van der Waals surface area (Å²) in [6.07, 6.45) is 0.979. The number of benzene rings is 5. The van der Waals surface area contributed by atoms with Gasteiger partial charge >= 0.3 is 0 Å². The first-order valence-electron chi connectivity index (χ1n) is 9.58. The van der Waals surface area contributed by atoms with Crippen LogP contribution < -0.4 is 4.74 Å². The Morgan fingerprint density at radius 3 is 1.21 bits per heavy atom. The molecule has 5 aromatic rings. The molecule has 29 heavy (non-hydrogen) atoms. The van der Waals surface area contributed by atoms with E-state index in [2.05, 4.69) is 84.9 Å². The minimum absolute atomic E-state index is 0. The summed E-state index contributed by atoms with van der Waals surface area (Å²) in [5.41, 5.74) is 2.54. The van der Waals surface area contributed by atoms with Gasteiger partial charge in [0.2, 0.25) is 0 Å². The van der Waals surface area contributed by atoms with Gasteiger partial charge in [-0.3, -0.25) is 0 Å². The number of hydrogen-bond acceptors (Lipinski definition) is 1. The van der Waals surface area contributed by atoms with Crippen LogP contribution in [-0.4, -0.2) is 5.48 Å². The van der Waals surface area contributed by atoms with Gasteiger partial charge in [0.05, 0.1) is 0 Å². The van der Waals surface area contributed by atoms with E-state index in [1.54, 1.807) is 0 Å². The Morgan fingerprint density at radius 1 is 0.448 bits per heavy atom. The minimum Gasteiger partial charge on any atom is -0.457 e. The molecule has 0 aliphatic carbocycles. The molecule has 0 saturated carbocycles. The van der Waals surface area contributed by atoms with Crippen LogP contribution >= 0.6 is 0 Å². The normalized spacial score (nSPS) is 11.3. The van der Waals surface area contributed by atoms with Crippen molar-refractivity contribution in [3.8, 4) is 11.5 Å². The smallest absolute Gasteiger partial charge is 0.130 e. The van der Waals surface area contributed by atoms with E-state index in [0.717, 1.165) is 17.9 Å². The third kappa shape index (κ3) is 3.84. The van der Waals surface area contributed by atoms with Crippen molar-refractivity contribution >= 4 is 21.5 Å². The number of fused-ring (bicyclic) bond motifs is 4. The fourth-order valence-corrected chi connectivity index (χ4v) is 3.71. The fourth-order valence-electron chi connectivity index (χ4n) is 3.71. The maximum absolute atomic E-state index is 5.78. The summed E-state index contributed by atoms with van der Waals surface area (Å²) in [7, 11) is 0. The second-order valence-electron chi connectivity index (χ2n) is 7.04. The largest absolute Gasteiger partial charge is 0.457 e. The molecule has 1 heterocycles. The van der Waals surface area contributed by atoms with Crippen LogP contribution in [0.4, 0.5) is 0 Å². The molecular formula is C27H22O2. The molecular weight excluding hydrogens is 356 g/mol. The lowest BCUT2D eigenvalue weighted by molar-refractivity contribution is 0.460. The van der Waals surface area contributed by atoms with Gasteiger partial charge in [0, 0.05) is 6.42 Å². The standard InChI is InChI=1S/C14H10.C13H10O.H2O/c1-2-6-12-10-14-8-4-3-7-13(14)9-11(12)5-1;1-3-7-12-10(5-1)9-11-6-2-4-8-13(11)14-12;/h1-10H;1-8H,9H2;1H2. The monoisotopic (exact) mass is 378 g/mol. The van der Waals surface area contributed by atoms with Gasteiger partial charge in [-0.25, -0.2) is 0 Å². The Bertz CT molecular complexity index is 1080. The van der Waals surface area contributed by atoms with E-state index in [9.17, 15) is 0 Å². The molecule has 0 amide bonds. The first-order chi connectivity index (χ1) is 13.9. The van der Waals surface area contributed by atoms with E-state index in [1.165, 1.54) is 32.7 Å². The van der Waals surface area contributed by atoms with E-state index >= 15 is 0 Å². The predicted molar refractivity (Wildman–Crippen MR) is 121 cm³/mol. The lowest BCUT2D eigenvalue weighted by Gasteiger charge is -2.19. The summed E-state index contributed by atoms with van der Waals surface area (Å²) in [6.45, 7) is 0. The van der Waals surface area contributed by atoms with E-state index in [-0.39, 0.29) is 5.48 Å². The number of ether oxygens (including phenoxy) is 1. The molecule has 0 fully saturated rings. The summed E-state index contributed by atoms with van der Waals surface area (Å²) in [4.78, 5) is 0. The second kappa shape index (κ2) is 8.17. The Labute approximate surface area is 170 Å². The highest BCUT2D eigenvalue weighted by Crippen LogP contribution is 2.35. The zero-order valence-electron chi connectivity index (χ0n) is 16.0. The molecule has 0 spiro atoms. The van der Waals surface area contributed by atoms with Crippen LogP contribution in [0.15, 0.2) is 109 Å². The zero-order chi connectivity index (χ0) is 18.8. The number of para-hydroxylation sites is 2. The van der Waals surface area contributed by atoms with Crippen LogP contribution in [0.25, 0.3) is 21.5 Å². The molecule has 142 valence electrons. The second-order valence-corrected chi connectivity index (χ2v) is 7.04. The number of rotatable bonds is 0. The SMILES string of the molecule is O.c1ccc2c(c1)Cc1ccccc1O2.c1ccc2cc3ccccc3cc2c1. The van der Waals surface area contributed by atoms with Crippen molar-refractivity contribution in [3.63, 3.8) is 0 Å². The van der Waals surface area contributed by atoms with Crippen LogP contribution in [0, 0.1) is 0 Å². The maximum atomic E-state index is 5.78. The van der Waals surface area contributed by atoms with Crippen molar-refractivity contribution < 1.29 is 10.2 Å². The molecule has 1 aliphatic rings. The molecule has 6 rings (SSSR count). The Balaban J connectivity index is 0.000000137. The third-order valence-corrected chi connectivity index (χ3v) is 5.16. The third-order valence-electron chi connectivity index (χ3n) is 5.16. The summed E-state index contributed by atoms with van der Waals surface area (Å²) in [5.74, 6) is 1.98. The van der Waals surface area contributed by atoms with Gasteiger partial charge in [-0.05, 0) is 56.9 Å². The predicted octanol–water partition coefficient (Wildman–Crippen LogP) is 6.55. The van der Waals surface area contributed by atoms with Gasteiger partial charge in [-0.1, -0.05) is 84.9 Å². The lowest BCUT2D eigenvalue weighted by Crippen LogP contribution is -2.01. The molecule has 0 saturated heterocycles. The van der Waals surface area contributed by atoms with Gasteiger partial charge in [0.15, 0.2) is 0 Å². The van der Waals surface area contributed by atoms with Gasteiger partial charge in [0.1, 0.15) is 11.5 Å². The average molecular weight is 378 g/mol. The Morgan fingerprint density at radius 2 is 0.793 bits per heavy atom. The maximum Gasteiger partial charge on any atom is 0.130 e. The topological polar surface area (TPSA) is 40.7 Å². The van der Waals surface area contributed by atoms with Crippen LogP contribution in [0.1, 0.15) is 11.1 Å². The van der Waals surface area contributed by atoms with Crippen LogP contribution in [-0.2, 0) is 6.42 Å². The number of hydrogen-bond donors (Lipinski definition) is 0. The zero-order valence-corrected chi connectivity index (χ0v) is 16.0. The molecule has 0 atom stereocenters. The van der Waals surface area contributed by atoms with E-state index in [0.29, 0.717) is 0 Å². The summed E-state index contributed by atoms with van der Waals surface area (Å²) < 4.78 is 5.78. The molecule has 0 radical (unpaired) electrons. The van der Waals surface area contributed by atoms with Crippen molar-refractivity contribution in [2.45, 2.75) is 6.42 Å². The molecule has 2 N–H and O–H groups in total. The van der Waals surface area contributed by atoms with Crippen molar-refractivity contribution in [2.75, 3.05) is 0 Å². The summed E-state index contributed by atoms with van der Waals surface area (Å²) >= 11 is 0. The van der Waals surface area contributed by atoms with Crippen LogP contribution in [0.2, 0.25) is 0 Å². The van der Waals surface area contributed by atoms with Gasteiger partial charge in [-0.2, -0.15) is 0 Å². The molecule has 0 aromatic heterocycles. The van der Waals surface area contributed by atoms with Crippen molar-refractivity contribution in [1.29, 1.82) is 0 Å². The molecule has 2 nitrogen and oxygen atoms in total. The van der Waals surface area contributed by atoms with Crippen LogP contribution in [0.3, 0.4) is 0 Å². The lowest BCUT2D eigenvalue weighted by atomic mass is 10.0. The quantitative estimate of drug-likeness (QED) is 0.276. The highest BCUT2D eigenvalue weighted by Gasteiger charge is 2.14. The highest BCUT2D eigenvalue weighted by atomic mass is 16.5. The van der Waals surface area contributed by atoms with Crippen molar-refractivity contribution in [1.82, 2.24) is 0 Å². The molecule has 2 heteroatoms. The van der Waals surface area contributed by atoms with E-state index < -0.39 is 0 Å². The molecule has 1 aliphatic heterocycles. The van der Waals surface area contributed by atoms with Gasteiger partial charge in [-0.15, -0.1) is 0 Å². The summed E-state index contributed by atoms with van der Waals surface area (Å²) in [5, 5.41) is 5.25.